The van der Waals surface area contributed by atoms with Crippen molar-refractivity contribution in [3.05, 3.63) is 98.3 Å². The summed E-state index contributed by atoms with van der Waals surface area (Å²) >= 11 is 0. The molecule has 1 atom stereocenters. The average Bonchev–Trinajstić information content (AvgIpc) is 3.27. The minimum Gasteiger partial charge on any atom is -0.458 e. The van der Waals surface area contributed by atoms with E-state index in [1.54, 1.807) is 17.6 Å². The van der Waals surface area contributed by atoms with Crippen LogP contribution < -0.4 is 5.56 Å². The summed E-state index contributed by atoms with van der Waals surface area (Å²) in [4.78, 5) is 30.8. The summed E-state index contributed by atoms with van der Waals surface area (Å²) < 4.78 is 6.85. The van der Waals surface area contributed by atoms with Crippen LogP contribution in [0.4, 0.5) is 0 Å². The number of aromatic nitrogens is 2. The zero-order chi connectivity index (χ0) is 25.0. The maximum absolute atomic E-state index is 13.5. The van der Waals surface area contributed by atoms with Crippen LogP contribution in [0, 0.1) is 11.8 Å². The lowest BCUT2D eigenvalue weighted by atomic mass is 9.86. The molecule has 2 aromatic heterocycles. The van der Waals surface area contributed by atoms with Crippen LogP contribution in [-0.4, -0.2) is 20.6 Å². The molecule has 6 heteroatoms. The minimum atomic E-state index is -1.83. The molecule has 0 saturated heterocycles. The van der Waals surface area contributed by atoms with E-state index in [1.165, 1.54) is 0 Å². The van der Waals surface area contributed by atoms with Crippen molar-refractivity contribution in [3.8, 4) is 23.2 Å². The van der Waals surface area contributed by atoms with Crippen LogP contribution in [0.25, 0.3) is 22.3 Å². The molecule has 1 N–H and O–H groups in total. The Hall–Kier alpha value is -4.21. The highest BCUT2D eigenvalue weighted by molar-refractivity contribution is 5.90. The van der Waals surface area contributed by atoms with E-state index in [2.05, 4.69) is 24.8 Å². The van der Waals surface area contributed by atoms with Crippen LogP contribution in [0.3, 0.4) is 0 Å². The van der Waals surface area contributed by atoms with Crippen LogP contribution in [-0.2, 0) is 34.7 Å². The number of rotatable bonds is 2. The summed E-state index contributed by atoms with van der Waals surface area (Å²) in [5.74, 6) is 5.74. The van der Waals surface area contributed by atoms with Crippen molar-refractivity contribution in [2.45, 2.75) is 45.4 Å². The largest absolute Gasteiger partial charge is 0.458 e. The Morgan fingerprint density at radius 3 is 2.56 bits per heavy atom. The second-order valence-electron chi connectivity index (χ2n) is 9.22. The molecule has 0 bridgehead atoms. The van der Waals surface area contributed by atoms with E-state index < -0.39 is 11.6 Å². The summed E-state index contributed by atoms with van der Waals surface area (Å²) in [7, 11) is 0. The van der Waals surface area contributed by atoms with Crippen molar-refractivity contribution in [2.24, 2.45) is 0 Å². The van der Waals surface area contributed by atoms with Gasteiger partial charge >= 0.3 is 5.97 Å². The Bertz CT molecular complexity index is 1690. The first-order valence-corrected chi connectivity index (χ1v) is 12.1. The van der Waals surface area contributed by atoms with Gasteiger partial charge in [-0.1, -0.05) is 43.9 Å². The number of nitrogens with zero attached hydrogens (tertiary/aromatic N) is 2. The zero-order valence-corrected chi connectivity index (χ0v) is 20.1. The molecule has 6 rings (SSSR count). The van der Waals surface area contributed by atoms with Gasteiger partial charge in [-0.2, -0.15) is 0 Å². The summed E-state index contributed by atoms with van der Waals surface area (Å²) in [6.07, 6.45) is 0.882. The molecular formula is C30H24N2O4. The van der Waals surface area contributed by atoms with Gasteiger partial charge in [-0.15, -0.1) is 0 Å². The quantitative estimate of drug-likeness (QED) is 0.307. The van der Waals surface area contributed by atoms with E-state index in [4.69, 9.17) is 9.72 Å². The Morgan fingerprint density at radius 2 is 1.81 bits per heavy atom. The third kappa shape index (κ3) is 3.20. The molecule has 0 amide bonds. The molecule has 178 valence electrons. The molecule has 0 spiro atoms. The van der Waals surface area contributed by atoms with E-state index in [1.807, 2.05) is 42.5 Å². The van der Waals surface area contributed by atoms with Gasteiger partial charge in [0, 0.05) is 27.6 Å². The standard InChI is InChI=1S/C30H24N2O4/c1-3-20-21-14-19(11-10-18-8-6-5-7-9-18)12-13-25(21)31-27-22(20)16-32-26(27)15-24-23(28(32)33)17-36-29(34)30(24,35)4-2/h5-9,12-15,35H,3-4,16-17H2,1-2H3/t30-/m0/s1. The second kappa shape index (κ2) is 8.18. The number of fused-ring (bicyclic) bond motifs is 5. The van der Waals surface area contributed by atoms with Crippen LogP contribution in [0.1, 0.15) is 53.6 Å². The number of benzene rings is 2. The lowest BCUT2D eigenvalue weighted by molar-refractivity contribution is -0.172. The van der Waals surface area contributed by atoms with Crippen molar-refractivity contribution >= 4 is 16.9 Å². The van der Waals surface area contributed by atoms with Crippen LogP contribution in [0.15, 0.2) is 59.4 Å². The van der Waals surface area contributed by atoms with Gasteiger partial charge in [0.25, 0.3) is 5.56 Å². The van der Waals surface area contributed by atoms with Gasteiger partial charge in [0.2, 0.25) is 0 Å². The number of pyridine rings is 2. The monoisotopic (exact) mass is 476 g/mol. The molecule has 4 heterocycles. The number of carbonyl (C=O) groups excluding carboxylic acids is 1. The van der Waals surface area contributed by atoms with Crippen molar-refractivity contribution in [2.75, 3.05) is 0 Å². The molecule has 36 heavy (non-hydrogen) atoms. The normalized spacial score (nSPS) is 17.6. The van der Waals surface area contributed by atoms with Crippen molar-refractivity contribution in [1.29, 1.82) is 0 Å². The molecule has 6 nitrogen and oxygen atoms in total. The number of aryl methyl sites for hydroxylation is 1. The predicted octanol–water partition coefficient (Wildman–Crippen LogP) is 4.04. The number of aliphatic hydroxyl groups is 1. The Morgan fingerprint density at radius 1 is 1.03 bits per heavy atom. The summed E-state index contributed by atoms with van der Waals surface area (Å²) in [5.41, 5.74) is 4.71. The molecule has 0 unspecified atom stereocenters. The number of cyclic esters (lactones) is 1. The van der Waals surface area contributed by atoms with Crippen LogP contribution in [0.2, 0.25) is 0 Å². The molecule has 2 aliphatic heterocycles. The number of esters is 1. The number of ether oxygens (including phenoxy) is 1. The first-order valence-electron chi connectivity index (χ1n) is 12.1. The fourth-order valence-electron chi connectivity index (χ4n) is 5.31. The molecule has 0 radical (unpaired) electrons. The fourth-order valence-corrected chi connectivity index (χ4v) is 5.31. The molecular weight excluding hydrogens is 452 g/mol. The number of carbonyl (C=O) groups is 1. The summed E-state index contributed by atoms with van der Waals surface area (Å²) in [6.45, 7) is 4.05. The third-order valence-corrected chi connectivity index (χ3v) is 7.28. The smallest absolute Gasteiger partial charge is 0.343 e. The van der Waals surface area contributed by atoms with Crippen molar-refractivity contribution in [3.63, 3.8) is 0 Å². The minimum absolute atomic E-state index is 0.118. The Kier molecular flexibility index (Phi) is 5.06. The molecule has 0 saturated carbocycles. The average molecular weight is 477 g/mol. The van der Waals surface area contributed by atoms with Gasteiger partial charge in [-0.05, 0) is 54.8 Å². The lowest BCUT2D eigenvalue weighted by Gasteiger charge is -2.31. The van der Waals surface area contributed by atoms with E-state index in [-0.39, 0.29) is 18.6 Å². The van der Waals surface area contributed by atoms with Crippen molar-refractivity contribution in [1.82, 2.24) is 9.55 Å². The SMILES string of the molecule is CCc1c2c(nc3ccc(C#Cc4ccccc4)cc13)-c1cc3c(c(=O)n1C2)COC(=O)[C@]3(O)CC. The maximum Gasteiger partial charge on any atom is 0.343 e. The highest BCUT2D eigenvalue weighted by atomic mass is 16.6. The van der Waals surface area contributed by atoms with Gasteiger partial charge in [-0.25, -0.2) is 9.78 Å². The Labute approximate surface area is 208 Å². The van der Waals surface area contributed by atoms with E-state index >= 15 is 0 Å². The summed E-state index contributed by atoms with van der Waals surface area (Å²) in [5, 5.41) is 12.1. The molecule has 2 aromatic carbocycles. The lowest BCUT2D eigenvalue weighted by Crippen LogP contribution is -2.44. The highest BCUT2D eigenvalue weighted by Crippen LogP contribution is 2.40. The summed E-state index contributed by atoms with van der Waals surface area (Å²) in [6, 6.07) is 17.6. The molecule has 2 aliphatic rings. The van der Waals surface area contributed by atoms with E-state index in [0.717, 1.165) is 45.3 Å². The molecule has 0 aliphatic carbocycles. The fraction of sp³-hybridized carbons (Fsp3) is 0.233. The van der Waals surface area contributed by atoms with Crippen LogP contribution >= 0.6 is 0 Å². The van der Waals surface area contributed by atoms with E-state index in [0.29, 0.717) is 23.4 Å². The van der Waals surface area contributed by atoms with Crippen molar-refractivity contribution < 1.29 is 14.6 Å². The zero-order valence-electron chi connectivity index (χ0n) is 20.1. The van der Waals surface area contributed by atoms with Gasteiger partial charge < -0.3 is 14.4 Å². The Balaban J connectivity index is 1.52. The first kappa shape index (κ1) is 22.3. The topological polar surface area (TPSA) is 81.4 Å². The predicted molar refractivity (Wildman–Crippen MR) is 136 cm³/mol. The number of hydrogen-bond acceptors (Lipinski definition) is 5. The van der Waals surface area contributed by atoms with Gasteiger partial charge in [0.1, 0.15) is 6.61 Å². The van der Waals surface area contributed by atoms with Crippen LogP contribution in [0.5, 0.6) is 0 Å². The van der Waals surface area contributed by atoms with E-state index in [9.17, 15) is 14.7 Å². The van der Waals surface area contributed by atoms with Gasteiger partial charge in [0.15, 0.2) is 5.60 Å². The highest BCUT2D eigenvalue weighted by Gasteiger charge is 2.45. The first-order chi connectivity index (χ1) is 17.4. The second-order valence-corrected chi connectivity index (χ2v) is 9.22. The molecule has 4 aromatic rings. The molecule has 0 fully saturated rings. The van der Waals surface area contributed by atoms with Gasteiger partial charge in [0.05, 0.1) is 29.0 Å². The number of hydrogen-bond donors (Lipinski definition) is 1. The third-order valence-electron chi connectivity index (χ3n) is 7.28. The maximum atomic E-state index is 13.5. The van der Waals surface area contributed by atoms with Gasteiger partial charge in [-0.3, -0.25) is 4.79 Å².